The zero-order chi connectivity index (χ0) is 9.19. The topological polar surface area (TPSA) is 50.1 Å². The van der Waals surface area contributed by atoms with Crippen molar-refractivity contribution in [1.82, 2.24) is 15.1 Å². The Labute approximate surface area is 72.2 Å². The molecule has 2 N–H and O–H groups in total. The highest BCUT2D eigenvalue weighted by Gasteiger charge is 2.24. The first-order valence-electron chi connectivity index (χ1n) is 3.93. The molecule has 68 valence electrons. The number of likely N-dealkylation sites (N-methyl/N-ethyl adjacent to an activating group) is 1. The molecule has 1 aromatic rings. The average molecular weight is 169 g/mol. The lowest BCUT2D eigenvalue weighted by molar-refractivity contribution is 0.0506. The maximum atomic E-state index is 9.93. The van der Waals surface area contributed by atoms with E-state index in [1.807, 2.05) is 20.2 Å². The Bertz CT molecular complexity index is 255. The highest BCUT2D eigenvalue weighted by molar-refractivity contribution is 5.10. The second-order valence-corrected chi connectivity index (χ2v) is 3.14. The fourth-order valence-corrected chi connectivity index (χ4v) is 1.34. The van der Waals surface area contributed by atoms with Crippen LogP contribution in [0.25, 0.3) is 0 Å². The number of nitrogens with zero attached hydrogens (tertiary/aromatic N) is 2. The lowest BCUT2D eigenvalue weighted by Gasteiger charge is -2.22. The SMILES string of the molecule is CNCC(C)(O)c1ccnn1C. The number of nitrogens with one attached hydrogen (secondary N) is 1. The van der Waals surface area contributed by atoms with Crippen molar-refractivity contribution in [2.24, 2.45) is 7.05 Å². The van der Waals surface area contributed by atoms with Gasteiger partial charge >= 0.3 is 0 Å². The van der Waals surface area contributed by atoms with E-state index in [1.165, 1.54) is 0 Å². The van der Waals surface area contributed by atoms with Crippen molar-refractivity contribution in [3.8, 4) is 0 Å². The zero-order valence-corrected chi connectivity index (χ0v) is 7.70. The van der Waals surface area contributed by atoms with Crippen LogP contribution in [0.4, 0.5) is 0 Å². The van der Waals surface area contributed by atoms with Crippen molar-refractivity contribution in [3.63, 3.8) is 0 Å². The second kappa shape index (κ2) is 3.25. The van der Waals surface area contributed by atoms with E-state index in [4.69, 9.17) is 0 Å². The summed E-state index contributed by atoms with van der Waals surface area (Å²) in [5, 5.41) is 16.9. The van der Waals surface area contributed by atoms with E-state index >= 15 is 0 Å². The van der Waals surface area contributed by atoms with Crippen molar-refractivity contribution in [3.05, 3.63) is 18.0 Å². The van der Waals surface area contributed by atoms with Crippen LogP contribution in [0.1, 0.15) is 12.6 Å². The van der Waals surface area contributed by atoms with Gasteiger partial charge in [-0.3, -0.25) is 4.68 Å². The standard InChI is InChI=1S/C8H15N3O/c1-8(12,6-9-2)7-4-5-10-11(7)3/h4-5,9,12H,6H2,1-3H3. The summed E-state index contributed by atoms with van der Waals surface area (Å²) in [6, 6.07) is 1.82. The van der Waals surface area contributed by atoms with Gasteiger partial charge in [0.25, 0.3) is 0 Å². The number of rotatable bonds is 3. The van der Waals surface area contributed by atoms with Gasteiger partial charge in [-0.15, -0.1) is 0 Å². The molecule has 0 aliphatic carbocycles. The van der Waals surface area contributed by atoms with Crippen LogP contribution in [0.2, 0.25) is 0 Å². The van der Waals surface area contributed by atoms with Crippen LogP contribution in [0, 0.1) is 0 Å². The van der Waals surface area contributed by atoms with Crippen molar-refractivity contribution in [2.45, 2.75) is 12.5 Å². The van der Waals surface area contributed by atoms with E-state index in [0.29, 0.717) is 6.54 Å². The van der Waals surface area contributed by atoms with Gasteiger partial charge in [-0.2, -0.15) is 5.10 Å². The predicted molar refractivity (Wildman–Crippen MR) is 46.7 cm³/mol. The van der Waals surface area contributed by atoms with Crippen LogP contribution in [0.3, 0.4) is 0 Å². The number of aryl methyl sites for hydroxylation is 1. The minimum absolute atomic E-state index is 0.520. The lowest BCUT2D eigenvalue weighted by Crippen LogP contribution is -2.35. The summed E-state index contributed by atoms with van der Waals surface area (Å²) < 4.78 is 1.68. The quantitative estimate of drug-likeness (QED) is 0.661. The average Bonchev–Trinajstić information content (AvgIpc) is 2.35. The summed E-state index contributed by atoms with van der Waals surface area (Å²) in [5.41, 5.74) is -0.0307. The minimum Gasteiger partial charge on any atom is -0.383 e. The smallest absolute Gasteiger partial charge is 0.116 e. The Hall–Kier alpha value is -0.870. The van der Waals surface area contributed by atoms with Crippen molar-refractivity contribution < 1.29 is 5.11 Å². The number of aliphatic hydroxyl groups is 1. The molecule has 0 saturated carbocycles. The molecule has 1 aromatic heterocycles. The maximum Gasteiger partial charge on any atom is 0.116 e. The van der Waals surface area contributed by atoms with Crippen LogP contribution in [0.5, 0.6) is 0 Å². The van der Waals surface area contributed by atoms with E-state index in [2.05, 4.69) is 10.4 Å². The Balaban J connectivity index is 2.88. The normalized spacial score (nSPS) is 16.0. The minimum atomic E-state index is -0.847. The van der Waals surface area contributed by atoms with Gasteiger partial charge in [0.2, 0.25) is 0 Å². The lowest BCUT2D eigenvalue weighted by atomic mass is 10.0. The molecular weight excluding hydrogens is 154 g/mol. The Kier molecular flexibility index (Phi) is 2.49. The Morgan fingerprint density at radius 2 is 2.42 bits per heavy atom. The molecule has 0 spiro atoms. The first kappa shape index (κ1) is 9.22. The summed E-state index contributed by atoms with van der Waals surface area (Å²) in [6.45, 7) is 2.28. The van der Waals surface area contributed by atoms with Gasteiger partial charge in [0.15, 0.2) is 0 Å². The van der Waals surface area contributed by atoms with E-state index in [9.17, 15) is 5.11 Å². The second-order valence-electron chi connectivity index (χ2n) is 3.14. The molecule has 0 saturated heterocycles. The molecule has 0 aromatic carbocycles. The Morgan fingerprint density at radius 3 is 2.83 bits per heavy atom. The molecule has 12 heavy (non-hydrogen) atoms. The third-order valence-corrected chi connectivity index (χ3v) is 1.89. The van der Waals surface area contributed by atoms with Crippen LogP contribution < -0.4 is 5.32 Å². The third kappa shape index (κ3) is 1.65. The highest BCUT2D eigenvalue weighted by atomic mass is 16.3. The van der Waals surface area contributed by atoms with Crippen LogP contribution in [-0.2, 0) is 12.6 Å². The summed E-state index contributed by atoms with van der Waals surface area (Å²) in [7, 11) is 3.63. The highest BCUT2D eigenvalue weighted by Crippen LogP contribution is 2.17. The van der Waals surface area contributed by atoms with Gasteiger partial charge in [-0.25, -0.2) is 0 Å². The van der Waals surface area contributed by atoms with Gasteiger partial charge in [0.1, 0.15) is 5.60 Å². The van der Waals surface area contributed by atoms with Crippen molar-refractivity contribution in [2.75, 3.05) is 13.6 Å². The van der Waals surface area contributed by atoms with Crippen molar-refractivity contribution in [1.29, 1.82) is 0 Å². The molecule has 1 unspecified atom stereocenters. The van der Waals surface area contributed by atoms with Crippen LogP contribution in [0.15, 0.2) is 12.3 Å². The fourth-order valence-electron chi connectivity index (χ4n) is 1.34. The number of hydrogen-bond acceptors (Lipinski definition) is 3. The summed E-state index contributed by atoms with van der Waals surface area (Å²) >= 11 is 0. The molecule has 0 aliphatic heterocycles. The molecule has 1 atom stereocenters. The van der Waals surface area contributed by atoms with Gasteiger partial charge in [0, 0.05) is 19.8 Å². The number of aromatic nitrogens is 2. The molecular formula is C8H15N3O. The zero-order valence-electron chi connectivity index (χ0n) is 7.70. The molecule has 0 radical (unpaired) electrons. The molecule has 0 bridgehead atoms. The molecule has 4 heteroatoms. The van der Waals surface area contributed by atoms with Crippen molar-refractivity contribution >= 4 is 0 Å². The fraction of sp³-hybridized carbons (Fsp3) is 0.625. The van der Waals surface area contributed by atoms with Gasteiger partial charge in [-0.05, 0) is 20.0 Å². The molecule has 0 aliphatic rings. The molecule has 4 nitrogen and oxygen atoms in total. The molecule has 0 fully saturated rings. The number of hydrogen-bond donors (Lipinski definition) is 2. The van der Waals surface area contributed by atoms with E-state index in [0.717, 1.165) is 5.69 Å². The third-order valence-electron chi connectivity index (χ3n) is 1.89. The van der Waals surface area contributed by atoms with E-state index in [-0.39, 0.29) is 0 Å². The van der Waals surface area contributed by atoms with Gasteiger partial charge in [-0.1, -0.05) is 0 Å². The Morgan fingerprint density at radius 1 is 1.75 bits per heavy atom. The summed E-state index contributed by atoms with van der Waals surface area (Å²) in [6.07, 6.45) is 1.68. The van der Waals surface area contributed by atoms with Crippen LogP contribution >= 0.6 is 0 Å². The molecule has 0 amide bonds. The van der Waals surface area contributed by atoms with E-state index in [1.54, 1.807) is 17.8 Å². The largest absolute Gasteiger partial charge is 0.383 e. The first-order valence-corrected chi connectivity index (χ1v) is 3.93. The molecule has 1 rings (SSSR count). The predicted octanol–water partition coefficient (Wildman–Crippen LogP) is -0.153. The molecule has 1 heterocycles. The maximum absolute atomic E-state index is 9.93. The van der Waals surface area contributed by atoms with Gasteiger partial charge in [0.05, 0.1) is 5.69 Å². The first-order chi connectivity index (χ1) is 5.58. The summed E-state index contributed by atoms with van der Waals surface area (Å²) in [5.74, 6) is 0. The monoisotopic (exact) mass is 169 g/mol. The van der Waals surface area contributed by atoms with Gasteiger partial charge < -0.3 is 10.4 Å². The summed E-state index contributed by atoms with van der Waals surface area (Å²) in [4.78, 5) is 0. The van der Waals surface area contributed by atoms with Crippen LogP contribution in [-0.4, -0.2) is 28.5 Å². The van der Waals surface area contributed by atoms with E-state index < -0.39 is 5.60 Å².